The summed E-state index contributed by atoms with van der Waals surface area (Å²) >= 11 is 3.65. The quantitative estimate of drug-likeness (QED) is 0.171. The molecule has 0 unspecified atom stereocenters. The first-order chi connectivity index (χ1) is 26.7. The Morgan fingerprint density at radius 2 is 1.28 bits per heavy atom. The largest absolute Gasteiger partial charge is 0.228 e. The molecule has 2 aromatic heterocycles. The third kappa shape index (κ3) is 5.02. The fraction of sp³-hybridized carbons (Fsp3) is 0.0400. The van der Waals surface area contributed by atoms with Crippen molar-refractivity contribution in [1.82, 2.24) is 9.97 Å². The number of nitrogens with zero attached hydrogens (tertiary/aromatic N) is 2. The second-order valence-electron chi connectivity index (χ2n) is 13.7. The van der Waals surface area contributed by atoms with E-state index in [0.29, 0.717) is 5.82 Å². The summed E-state index contributed by atoms with van der Waals surface area (Å²) in [7, 11) is 0. The van der Waals surface area contributed by atoms with Crippen LogP contribution in [-0.4, -0.2) is 9.97 Å². The molecule has 0 fully saturated rings. The molecule has 1 aliphatic carbocycles. The fourth-order valence-electron chi connectivity index (χ4n) is 8.45. The second kappa shape index (κ2) is 13.1. The van der Waals surface area contributed by atoms with Crippen LogP contribution in [-0.2, 0) is 5.41 Å². The van der Waals surface area contributed by atoms with Gasteiger partial charge in [-0.25, -0.2) is 9.97 Å². The molecule has 0 bridgehead atoms. The van der Waals surface area contributed by atoms with E-state index in [9.17, 15) is 0 Å². The molecular weight excluding hydrogens is 693 g/mol. The van der Waals surface area contributed by atoms with Crippen LogP contribution in [0.3, 0.4) is 0 Å². The number of benzene rings is 6. The van der Waals surface area contributed by atoms with Crippen molar-refractivity contribution in [3.63, 3.8) is 0 Å². The molecule has 10 rings (SSSR count). The molecule has 6 aromatic carbocycles. The highest BCUT2D eigenvalue weighted by Gasteiger charge is 2.50. The lowest BCUT2D eigenvalue weighted by Crippen LogP contribution is -2.32. The summed E-state index contributed by atoms with van der Waals surface area (Å²) in [6.45, 7) is 6.57. The Bertz CT molecular complexity index is 2830. The Hall–Kier alpha value is -6.07. The molecule has 3 heterocycles. The Kier molecular flexibility index (Phi) is 7.90. The van der Waals surface area contributed by atoms with E-state index in [1.165, 1.54) is 53.3 Å². The molecule has 1 spiro atoms. The molecule has 0 saturated heterocycles. The van der Waals surface area contributed by atoms with Crippen LogP contribution in [0.2, 0.25) is 0 Å². The molecule has 2 nitrogen and oxygen atoms in total. The molecule has 1 aliphatic heterocycles. The van der Waals surface area contributed by atoms with Gasteiger partial charge in [0.05, 0.1) is 16.8 Å². The Morgan fingerprint density at radius 3 is 2.07 bits per heavy atom. The molecular formula is C50H34N2S2. The average Bonchev–Trinajstić information content (AvgIpc) is 3.80. The van der Waals surface area contributed by atoms with Crippen LogP contribution >= 0.6 is 23.1 Å². The van der Waals surface area contributed by atoms with E-state index in [1.54, 1.807) is 11.3 Å². The molecule has 4 heteroatoms. The van der Waals surface area contributed by atoms with Crippen molar-refractivity contribution in [2.45, 2.75) is 22.1 Å². The SMILES string of the molecule is C=CC1=C(/C=C\C)c2cc3ccsc3cc2[C@]12c1ccccc1Sc1cc(-c3cc(-c4ccccc4-c4ccccc4)nc(-c4ccccc4)n3)ccc12. The zero-order valence-electron chi connectivity index (χ0n) is 29.7. The maximum absolute atomic E-state index is 5.26. The van der Waals surface area contributed by atoms with Crippen molar-refractivity contribution in [3.05, 3.63) is 210 Å². The number of hydrogen-bond donors (Lipinski definition) is 0. The van der Waals surface area contributed by atoms with Gasteiger partial charge in [0.1, 0.15) is 0 Å². The van der Waals surface area contributed by atoms with E-state index >= 15 is 0 Å². The Balaban J connectivity index is 1.21. The number of thiophene rings is 1. The smallest absolute Gasteiger partial charge is 0.160 e. The van der Waals surface area contributed by atoms with E-state index in [0.717, 1.165) is 39.2 Å². The highest BCUT2D eigenvalue weighted by atomic mass is 32.2. The van der Waals surface area contributed by atoms with Crippen LogP contribution < -0.4 is 0 Å². The molecule has 0 radical (unpaired) electrons. The number of fused-ring (bicyclic) bond motifs is 7. The monoisotopic (exact) mass is 726 g/mol. The second-order valence-corrected chi connectivity index (χ2v) is 15.7. The number of aromatic nitrogens is 2. The number of rotatable bonds is 6. The van der Waals surface area contributed by atoms with Gasteiger partial charge in [0.15, 0.2) is 5.82 Å². The lowest BCUT2D eigenvalue weighted by Gasteiger charge is -2.40. The van der Waals surface area contributed by atoms with Gasteiger partial charge >= 0.3 is 0 Å². The lowest BCUT2D eigenvalue weighted by molar-refractivity contribution is 0.718. The third-order valence-corrected chi connectivity index (χ3v) is 12.8. The number of allylic oxidation sites excluding steroid dienone is 5. The number of hydrogen-bond acceptors (Lipinski definition) is 4. The van der Waals surface area contributed by atoms with Crippen LogP contribution in [0, 0.1) is 0 Å². The van der Waals surface area contributed by atoms with Crippen molar-refractivity contribution in [2.75, 3.05) is 0 Å². The van der Waals surface area contributed by atoms with E-state index < -0.39 is 5.41 Å². The topological polar surface area (TPSA) is 25.8 Å². The Labute approximate surface area is 323 Å². The molecule has 1 atom stereocenters. The molecule has 2 aliphatic rings. The van der Waals surface area contributed by atoms with Gasteiger partial charge in [-0.05, 0) is 98.6 Å². The molecule has 0 saturated carbocycles. The normalized spacial score (nSPS) is 15.8. The summed E-state index contributed by atoms with van der Waals surface area (Å²) in [4.78, 5) is 12.9. The van der Waals surface area contributed by atoms with E-state index in [-0.39, 0.29) is 0 Å². The van der Waals surface area contributed by atoms with E-state index in [2.05, 4.69) is 171 Å². The zero-order valence-corrected chi connectivity index (χ0v) is 31.3. The van der Waals surface area contributed by atoms with Crippen molar-refractivity contribution in [3.8, 4) is 45.0 Å². The van der Waals surface area contributed by atoms with Crippen molar-refractivity contribution < 1.29 is 0 Å². The minimum absolute atomic E-state index is 0.513. The van der Waals surface area contributed by atoms with Gasteiger partial charge in [0.2, 0.25) is 0 Å². The van der Waals surface area contributed by atoms with Gasteiger partial charge in [0, 0.05) is 31.2 Å². The first kappa shape index (κ1) is 32.6. The van der Waals surface area contributed by atoms with Crippen molar-refractivity contribution >= 4 is 38.8 Å². The molecule has 54 heavy (non-hydrogen) atoms. The molecule has 0 N–H and O–H groups in total. The van der Waals surface area contributed by atoms with E-state index in [4.69, 9.17) is 9.97 Å². The van der Waals surface area contributed by atoms with Crippen LogP contribution in [0.1, 0.15) is 29.2 Å². The summed E-state index contributed by atoms with van der Waals surface area (Å²) in [6, 6.07) is 54.5. The maximum Gasteiger partial charge on any atom is 0.160 e. The van der Waals surface area contributed by atoms with Crippen LogP contribution in [0.25, 0.3) is 60.7 Å². The minimum atomic E-state index is -0.513. The van der Waals surface area contributed by atoms with Gasteiger partial charge in [-0.2, -0.15) is 0 Å². The van der Waals surface area contributed by atoms with E-state index in [1.807, 2.05) is 30.0 Å². The van der Waals surface area contributed by atoms with Gasteiger partial charge in [-0.15, -0.1) is 11.3 Å². The summed E-state index contributed by atoms with van der Waals surface area (Å²) in [5, 5.41) is 3.47. The summed E-state index contributed by atoms with van der Waals surface area (Å²) in [6.07, 6.45) is 6.52. The van der Waals surface area contributed by atoms with Gasteiger partial charge in [-0.3, -0.25) is 0 Å². The first-order valence-electron chi connectivity index (χ1n) is 18.2. The van der Waals surface area contributed by atoms with Crippen LogP contribution in [0.5, 0.6) is 0 Å². The average molecular weight is 727 g/mol. The molecule has 256 valence electrons. The summed E-state index contributed by atoms with van der Waals surface area (Å²) in [5.74, 6) is 0.704. The van der Waals surface area contributed by atoms with Gasteiger partial charge < -0.3 is 0 Å². The van der Waals surface area contributed by atoms with Crippen LogP contribution in [0.15, 0.2) is 197 Å². The summed E-state index contributed by atoms with van der Waals surface area (Å²) in [5.41, 5.74) is 14.3. The highest BCUT2D eigenvalue weighted by Crippen LogP contribution is 2.62. The highest BCUT2D eigenvalue weighted by molar-refractivity contribution is 7.99. The molecule has 0 amide bonds. The van der Waals surface area contributed by atoms with Crippen LogP contribution in [0.4, 0.5) is 0 Å². The summed E-state index contributed by atoms with van der Waals surface area (Å²) < 4.78 is 1.30. The fourth-order valence-corrected chi connectivity index (χ4v) is 10.5. The maximum atomic E-state index is 5.26. The third-order valence-electron chi connectivity index (χ3n) is 10.8. The standard InChI is InChI=1S/C50H34N2S2/c1-3-15-37-39-28-35-26-27-53-47(35)30-43(39)50(40(37)4-2)41-22-13-14-23-46(41)54-48-29-34(24-25-42(48)50)44-31-45(52-49(51-44)33-18-9-6-10-19-33)38-21-12-11-20-36(38)32-16-7-5-8-17-32/h3-31H,2H2,1H3/b15-3-/t50-/m0/s1. The Morgan fingerprint density at radius 1 is 0.574 bits per heavy atom. The minimum Gasteiger partial charge on any atom is -0.228 e. The first-order valence-corrected chi connectivity index (χ1v) is 19.9. The predicted molar refractivity (Wildman–Crippen MR) is 228 cm³/mol. The predicted octanol–water partition coefficient (Wildman–Crippen LogP) is 13.7. The van der Waals surface area contributed by atoms with Crippen molar-refractivity contribution in [2.24, 2.45) is 0 Å². The zero-order chi connectivity index (χ0) is 36.2. The van der Waals surface area contributed by atoms with Gasteiger partial charge in [-0.1, -0.05) is 152 Å². The molecule has 8 aromatic rings. The van der Waals surface area contributed by atoms with Gasteiger partial charge in [0.25, 0.3) is 0 Å². The lowest BCUT2D eigenvalue weighted by atomic mass is 9.66. The van der Waals surface area contributed by atoms with Crippen molar-refractivity contribution in [1.29, 1.82) is 0 Å².